The molecule has 0 saturated carbocycles. The first-order valence-corrected chi connectivity index (χ1v) is 4.17. The normalized spacial score (nSPS) is 10.9. The zero-order valence-corrected chi connectivity index (χ0v) is 8.17. The summed E-state index contributed by atoms with van der Waals surface area (Å²) in [5, 5.41) is 18.8. The first-order valence-electron chi connectivity index (χ1n) is 3.76. The van der Waals surface area contributed by atoms with Crippen molar-refractivity contribution in [2.75, 3.05) is 0 Å². The van der Waals surface area contributed by atoms with Gasteiger partial charge in [0.2, 0.25) is 4.77 Å². The summed E-state index contributed by atoms with van der Waals surface area (Å²) < 4.78 is 1.85. The minimum atomic E-state index is 0.212. The van der Waals surface area contributed by atoms with Crippen LogP contribution in [0.5, 0.6) is 0 Å². The van der Waals surface area contributed by atoms with Crippen LogP contribution >= 0.6 is 12.2 Å². The summed E-state index contributed by atoms with van der Waals surface area (Å²) in [6.07, 6.45) is 1.12. The molecule has 0 amide bonds. The summed E-state index contributed by atoms with van der Waals surface area (Å²) >= 11 is 4.93. The van der Waals surface area contributed by atoms with Crippen LogP contribution < -0.4 is 0 Å². The molecule has 5 nitrogen and oxygen atoms in total. The molecule has 0 unspecified atom stereocenters. The molecule has 1 aromatic rings. The molecule has 0 bridgehead atoms. The lowest BCUT2D eigenvalue weighted by Crippen LogP contribution is -2.00. The van der Waals surface area contributed by atoms with Crippen LogP contribution in [0.3, 0.4) is 0 Å². The van der Waals surface area contributed by atoms with Crippen molar-refractivity contribution in [2.24, 2.45) is 5.10 Å². The molecule has 0 aromatic carbocycles. The Labute approximate surface area is 80.7 Å². The molecule has 0 aliphatic heterocycles. The summed E-state index contributed by atoms with van der Waals surface area (Å²) in [5.74, 6) is 0.931. The monoisotopic (exact) mass is 195 g/mol. The first-order chi connectivity index (χ1) is 6.16. The largest absolute Gasteiger partial charge is 0.250 e. The zero-order chi connectivity index (χ0) is 9.84. The maximum Gasteiger partial charge on any atom is 0.216 e. The Balaban J connectivity index is 3.18. The van der Waals surface area contributed by atoms with Crippen molar-refractivity contribution in [3.63, 3.8) is 0 Å². The van der Waals surface area contributed by atoms with E-state index in [0.29, 0.717) is 4.77 Å². The molecule has 0 atom stereocenters. The lowest BCUT2D eigenvalue weighted by molar-refractivity contribution is 0.696. The van der Waals surface area contributed by atoms with E-state index in [0.717, 1.165) is 12.0 Å². The van der Waals surface area contributed by atoms with E-state index in [9.17, 15) is 0 Å². The van der Waals surface area contributed by atoms with Crippen molar-refractivity contribution in [2.45, 2.75) is 19.8 Å². The van der Waals surface area contributed by atoms with Crippen molar-refractivity contribution in [1.29, 1.82) is 5.26 Å². The second-order valence-corrected chi connectivity index (χ2v) is 3.11. The molecule has 13 heavy (non-hydrogen) atoms. The summed E-state index contributed by atoms with van der Waals surface area (Å²) in [7, 11) is 0. The molecule has 68 valence electrons. The Hall–Kier alpha value is -1.48. The number of H-pyrrole nitrogens is 1. The predicted molar refractivity (Wildman–Crippen MR) is 51.0 cm³/mol. The number of aromatic nitrogens is 3. The first kappa shape index (κ1) is 9.61. The zero-order valence-electron chi connectivity index (χ0n) is 7.35. The molecule has 0 aliphatic rings. The fourth-order valence-corrected chi connectivity index (χ4v) is 1.06. The van der Waals surface area contributed by atoms with Crippen molar-refractivity contribution < 1.29 is 0 Å². The van der Waals surface area contributed by atoms with Crippen LogP contribution in [0.2, 0.25) is 0 Å². The maximum absolute atomic E-state index is 8.31. The van der Waals surface area contributed by atoms with Crippen LogP contribution in [0.25, 0.3) is 0 Å². The van der Waals surface area contributed by atoms with Gasteiger partial charge in [0.05, 0.1) is 0 Å². The van der Waals surface area contributed by atoms with Gasteiger partial charge in [0.1, 0.15) is 12.3 Å². The Kier molecular flexibility index (Phi) is 2.93. The molecular formula is C7H9N5S. The summed E-state index contributed by atoms with van der Waals surface area (Å²) in [6, 6.07) is 1.80. The van der Waals surface area contributed by atoms with Crippen LogP contribution in [0.1, 0.15) is 25.6 Å². The van der Waals surface area contributed by atoms with Crippen molar-refractivity contribution >= 4 is 18.4 Å². The highest BCUT2D eigenvalue weighted by Gasteiger charge is 2.08. The number of hydrogen-bond acceptors (Lipinski definition) is 4. The second-order valence-electron chi connectivity index (χ2n) is 2.73. The Bertz CT molecular complexity index is 405. The van der Waals surface area contributed by atoms with Crippen LogP contribution in [0.15, 0.2) is 5.10 Å². The van der Waals surface area contributed by atoms with E-state index in [4.69, 9.17) is 17.5 Å². The summed E-state index contributed by atoms with van der Waals surface area (Å²) in [5.41, 5.74) is 0. The standard InChI is InChI=1S/C7H9N5S/c1-5(2)6-10-11-7(13)12(6)9-4-3-8/h4-5H,1-2H3,(H,11,13)/b9-4+. The van der Waals surface area contributed by atoms with Gasteiger partial charge in [0, 0.05) is 5.92 Å². The number of hydrogen-bond donors (Lipinski definition) is 1. The minimum Gasteiger partial charge on any atom is -0.250 e. The highest BCUT2D eigenvalue weighted by atomic mass is 32.1. The molecule has 0 aliphatic carbocycles. The fraction of sp³-hybridized carbons (Fsp3) is 0.429. The highest BCUT2D eigenvalue weighted by Crippen LogP contribution is 2.10. The van der Waals surface area contributed by atoms with Crippen LogP contribution in [-0.4, -0.2) is 21.1 Å². The van der Waals surface area contributed by atoms with Crippen LogP contribution in [-0.2, 0) is 0 Å². The van der Waals surface area contributed by atoms with Gasteiger partial charge in [0.25, 0.3) is 0 Å². The van der Waals surface area contributed by atoms with E-state index in [1.807, 2.05) is 13.8 Å². The van der Waals surface area contributed by atoms with E-state index in [2.05, 4.69) is 15.3 Å². The van der Waals surface area contributed by atoms with Gasteiger partial charge in [-0.15, -0.1) is 0 Å². The molecule has 1 N–H and O–H groups in total. The van der Waals surface area contributed by atoms with E-state index in [-0.39, 0.29) is 5.92 Å². The van der Waals surface area contributed by atoms with Crippen molar-refractivity contribution in [3.8, 4) is 6.07 Å². The molecule has 0 fully saturated rings. The van der Waals surface area contributed by atoms with Gasteiger partial charge < -0.3 is 0 Å². The topological polar surface area (TPSA) is 69.8 Å². The quantitative estimate of drug-likeness (QED) is 0.573. The van der Waals surface area contributed by atoms with Gasteiger partial charge >= 0.3 is 0 Å². The Morgan fingerprint density at radius 3 is 3.00 bits per heavy atom. The van der Waals surface area contributed by atoms with Gasteiger partial charge in [-0.2, -0.15) is 20.1 Å². The highest BCUT2D eigenvalue weighted by molar-refractivity contribution is 7.71. The average Bonchev–Trinajstić information content (AvgIpc) is 2.43. The maximum atomic E-state index is 8.31. The average molecular weight is 195 g/mol. The molecule has 0 radical (unpaired) electrons. The molecule has 1 rings (SSSR count). The summed E-state index contributed by atoms with van der Waals surface area (Å²) in [6.45, 7) is 3.95. The van der Waals surface area contributed by atoms with E-state index in [1.165, 1.54) is 4.68 Å². The second kappa shape index (κ2) is 3.96. The summed E-state index contributed by atoms with van der Waals surface area (Å²) in [4.78, 5) is 0. The smallest absolute Gasteiger partial charge is 0.216 e. The number of nitrogens with one attached hydrogen (secondary N) is 1. The molecule has 0 saturated heterocycles. The van der Waals surface area contributed by atoms with Gasteiger partial charge in [0.15, 0.2) is 5.82 Å². The number of aromatic amines is 1. The predicted octanol–water partition coefficient (Wildman–Crippen LogP) is 1.42. The minimum absolute atomic E-state index is 0.212. The van der Waals surface area contributed by atoms with Gasteiger partial charge in [-0.1, -0.05) is 13.8 Å². The van der Waals surface area contributed by atoms with Gasteiger partial charge in [-0.25, -0.2) is 0 Å². The Morgan fingerprint density at radius 1 is 1.77 bits per heavy atom. The van der Waals surface area contributed by atoms with Gasteiger partial charge in [-0.05, 0) is 12.2 Å². The molecular weight excluding hydrogens is 186 g/mol. The Morgan fingerprint density at radius 2 is 2.46 bits per heavy atom. The lowest BCUT2D eigenvalue weighted by Gasteiger charge is -2.01. The van der Waals surface area contributed by atoms with Crippen molar-refractivity contribution in [3.05, 3.63) is 10.6 Å². The van der Waals surface area contributed by atoms with E-state index < -0.39 is 0 Å². The van der Waals surface area contributed by atoms with Gasteiger partial charge in [-0.3, -0.25) is 5.10 Å². The number of nitrogens with zero attached hydrogens (tertiary/aromatic N) is 4. The molecule has 0 spiro atoms. The lowest BCUT2D eigenvalue weighted by atomic mass is 10.2. The van der Waals surface area contributed by atoms with Crippen LogP contribution in [0, 0.1) is 16.1 Å². The number of rotatable bonds is 2. The van der Waals surface area contributed by atoms with E-state index >= 15 is 0 Å². The SMILES string of the molecule is CC(C)c1n[nH]c(=S)n1/N=C/C#N. The molecule has 1 heterocycles. The molecule has 1 aromatic heterocycles. The number of nitriles is 1. The van der Waals surface area contributed by atoms with Crippen molar-refractivity contribution in [1.82, 2.24) is 14.9 Å². The molecule has 6 heteroatoms. The third-order valence-corrected chi connectivity index (χ3v) is 1.69. The van der Waals surface area contributed by atoms with Crippen LogP contribution in [0.4, 0.5) is 0 Å². The third-order valence-electron chi connectivity index (χ3n) is 1.42. The fourth-order valence-electron chi connectivity index (χ4n) is 0.873. The third kappa shape index (κ3) is 2.00. The van der Waals surface area contributed by atoms with E-state index in [1.54, 1.807) is 6.07 Å².